The standard InChI is InChI=1S/C54H37N3O2/c1-6-40(58-41-20-10-8-11-21-41)32-46-37(5)56(50-28-26-38-19-15-17-25-45(38)54(46)50)51-31-39(34-55)52(30-36(51)4)57-48(7-2)53(44-24-16-14-18-35(44)3)47-33-43(27-29-49(47)57)59-42-22-12-9-13-23-42/h1-2,8-33H,3-5H3/b40-32+. The first kappa shape index (κ1) is 36.5. The van der Waals surface area contributed by atoms with Crippen molar-refractivity contribution in [2.45, 2.75) is 20.8 Å². The van der Waals surface area contributed by atoms with Gasteiger partial charge >= 0.3 is 0 Å². The first-order chi connectivity index (χ1) is 28.9. The smallest absolute Gasteiger partial charge is 0.177 e. The van der Waals surface area contributed by atoms with Crippen molar-refractivity contribution in [1.82, 2.24) is 9.13 Å². The summed E-state index contributed by atoms with van der Waals surface area (Å²) >= 11 is 0. The average molecular weight is 760 g/mol. The molecule has 5 heteroatoms. The number of benzene rings is 7. The first-order valence-electron chi connectivity index (χ1n) is 19.3. The molecule has 0 bridgehead atoms. The van der Waals surface area contributed by atoms with Crippen molar-refractivity contribution in [2.24, 2.45) is 0 Å². The van der Waals surface area contributed by atoms with E-state index in [-0.39, 0.29) is 0 Å². The van der Waals surface area contributed by atoms with E-state index in [2.05, 4.69) is 85.7 Å². The number of rotatable bonds is 8. The van der Waals surface area contributed by atoms with Crippen LogP contribution in [0.5, 0.6) is 17.2 Å². The molecule has 2 heterocycles. The zero-order chi connectivity index (χ0) is 40.6. The third-order valence-corrected chi connectivity index (χ3v) is 10.9. The molecule has 0 fully saturated rings. The van der Waals surface area contributed by atoms with E-state index in [0.717, 1.165) is 77.5 Å². The van der Waals surface area contributed by atoms with Gasteiger partial charge in [0.25, 0.3) is 0 Å². The van der Waals surface area contributed by atoms with E-state index in [1.165, 1.54) is 0 Å². The van der Waals surface area contributed by atoms with Crippen LogP contribution in [0, 0.1) is 56.8 Å². The Morgan fingerprint density at radius 3 is 2.05 bits per heavy atom. The fraction of sp³-hybridized carbons (Fsp3) is 0.0556. The summed E-state index contributed by atoms with van der Waals surface area (Å²) in [7, 11) is 0. The molecule has 9 aromatic rings. The van der Waals surface area contributed by atoms with Crippen molar-refractivity contribution in [2.75, 3.05) is 0 Å². The van der Waals surface area contributed by atoms with E-state index in [1.54, 1.807) is 0 Å². The van der Waals surface area contributed by atoms with Gasteiger partial charge in [0.15, 0.2) is 5.76 Å². The summed E-state index contributed by atoms with van der Waals surface area (Å²) in [6.07, 6.45) is 14.5. The van der Waals surface area contributed by atoms with Gasteiger partial charge < -0.3 is 18.6 Å². The Bertz CT molecular complexity index is 3270. The Hall–Kier alpha value is -8.17. The lowest BCUT2D eigenvalue weighted by Crippen LogP contribution is -2.06. The van der Waals surface area contributed by atoms with Gasteiger partial charge in [-0.1, -0.05) is 96.9 Å². The molecule has 0 aliphatic heterocycles. The molecule has 0 saturated carbocycles. The van der Waals surface area contributed by atoms with Gasteiger partial charge in [-0.25, -0.2) is 0 Å². The van der Waals surface area contributed by atoms with Crippen molar-refractivity contribution >= 4 is 38.7 Å². The maximum atomic E-state index is 11.0. The van der Waals surface area contributed by atoms with E-state index >= 15 is 0 Å². The van der Waals surface area contributed by atoms with Crippen molar-refractivity contribution in [3.05, 3.63) is 191 Å². The molecule has 0 unspecified atom stereocenters. The van der Waals surface area contributed by atoms with Crippen molar-refractivity contribution < 1.29 is 9.47 Å². The SMILES string of the molecule is C#C/C(=C\c1c(C)n(-c2cc(C#N)c(-n3c(C#C)c(-c4ccccc4C)c4cc(Oc5ccccc5)ccc43)cc2C)c2ccc3ccccc3c12)Oc1ccccc1. The zero-order valence-corrected chi connectivity index (χ0v) is 32.8. The number of allylic oxidation sites excluding steroid dienone is 1. The lowest BCUT2D eigenvalue weighted by Gasteiger charge is -2.17. The minimum Gasteiger partial charge on any atom is -0.457 e. The third kappa shape index (κ3) is 6.36. The summed E-state index contributed by atoms with van der Waals surface area (Å²) in [5.74, 6) is 8.25. The maximum absolute atomic E-state index is 11.0. The fourth-order valence-electron chi connectivity index (χ4n) is 8.21. The Morgan fingerprint density at radius 1 is 0.627 bits per heavy atom. The second-order valence-corrected chi connectivity index (χ2v) is 14.5. The van der Waals surface area contributed by atoms with E-state index in [0.29, 0.717) is 34.2 Å². The van der Waals surface area contributed by atoms with Crippen LogP contribution >= 0.6 is 0 Å². The molecule has 2 aromatic heterocycles. The minimum atomic E-state index is 0.388. The fourth-order valence-corrected chi connectivity index (χ4v) is 8.21. The Morgan fingerprint density at radius 2 is 1.32 bits per heavy atom. The van der Waals surface area contributed by atoms with Crippen LogP contribution in [0.2, 0.25) is 0 Å². The number of nitrogens with zero attached hydrogens (tertiary/aromatic N) is 3. The van der Waals surface area contributed by atoms with Crippen LogP contribution in [0.25, 0.3) is 61.2 Å². The van der Waals surface area contributed by atoms with Gasteiger partial charge in [-0.05, 0) is 121 Å². The lowest BCUT2D eigenvalue weighted by molar-refractivity contribution is 0.454. The second kappa shape index (κ2) is 15.1. The molecular formula is C54H37N3O2. The van der Waals surface area contributed by atoms with Gasteiger partial charge in [0.05, 0.1) is 28.0 Å². The molecule has 0 aliphatic carbocycles. The van der Waals surface area contributed by atoms with Gasteiger partial charge in [0, 0.05) is 27.6 Å². The predicted molar refractivity (Wildman–Crippen MR) is 240 cm³/mol. The van der Waals surface area contributed by atoms with Crippen molar-refractivity contribution in [1.29, 1.82) is 5.26 Å². The summed E-state index contributed by atoms with van der Waals surface area (Å²) in [5, 5.41) is 15.1. The molecule has 9 rings (SSSR count). The number of hydrogen-bond acceptors (Lipinski definition) is 3. The molecule has 0 aliphatic rings. The third-order valence-electron chi connectivity index (χ3n) is 10.9. The van der Waals surface area contributed by atoms with Gasteiger partial charge in [0.2, 0.25) is 0 Å². The Balaban J connectivity index is 1.27. The minimum absolute atomic E-state index is 0.388. The molecule has 59 heavy (non-hydrogen) atoms. The summed E-state index contributed by atoms with van der Waals surface area (Å²) in [6, 6.07) is 52.6. The van der Waals surface area contributed by atoms with Crippen molar-refractivity contribution in [3.63, 3.8) is 0 Å². The number of aryl methyl sites for hydroxylation is 2. The van der Waals surface area contributed by atoms with Gasteiger partial charge in [-0.2, -0.15) is 5.26 Å². The molecule has 0 saturated heterocycles. The molecular weight excluding hydrogens is 723 g/mol. The molecule has 5 nitrogen and oxygen atoms in total. The highest BCUT2D eigenvalue weighted by Crippen LogP contribution is 2.43. The highest BCUT2D eigenvalue weighted by Gasteiger charge is 2.25. The van der Waals surface area contributed by atoms with Crippen LogP contribution in [0.15, 0.2) is 157 Å². The summed E-state index contributed by atoms with van der Waals surface area (Å²) in [5.41, 5.74) is 10.3. The molecule has 0 spiro atoms. The Kier molecular flexibility index (Phi) is 9.31. The van der Waals surface area contributed by atoms with Crippen LogP contribution < -0.4 is 9.47 Å². The van der Waals surface area contributed by atoms with E-state index in [1.807, 2.05) is 120 Å². The quantitative estimate of drug-likeness (QED) is 0.114. The van der Waals surface area contributed by atoms with Gasteiger partial charge in [-0.15, -0.1) is 12.8 Å². The molecule has 0 radical (unpaired) electrons. The lowest BCUT2D eigenvalue weighted by atomic mass is 9.97. The topological polar surface area (TPSA) is 52.1 Å². The van der Waals surface area contributed by atoms with E-state index in [9.17, 15) is 5.26 Å². The number of nitriles is 1. The number of terminal acetylenes is 2. The number of aromatic nitrogens is 2. The highest BCUT2D eigenvalue weighted by molar-refractivity contribution is 6.12. The largest absolute Gasteiger partial charge is 0.457 e. The maximum Gasteiger partial charge on any atom is 0.177 e. The average Bonchev–Trinajstić information content (AvgIpc) is 3.74. The normalized spacial score (nSPS) is 11.4. The number of fused-ring (bicyclic) bond motifs is 4. The van der Waals surface area contributed by atoms with Gasteiger partial charge in [-0.3, -0.25) is 0 Å². The van der Waals surface area contributed by atoms with Crippen molar-refractivity contribution in [3.8, 4) is 70.5 Å². The van der Waals surface area contributed by atoms with Crippen LogP contribution in [0.1, 0.15) is 33.6 Å². The number of para-hydroxylation sites is 2. The van der Waals surface area contributed by atoms with Crippen LogP contribution in [0.3, 0.4) is 0 Å². The molecule has 7 aromatic carbocycles. The molecule has 0 atom stereocenters. The summed E-state index contributed by atoms with van der Waals surface area (Å²) < 4.78 is 16.8. The Labute approximate surface area is 343 Å². The highest BCUT2D eigenvalue weighted by atomic mass is 16.5. The molecule has 280 valence electrons. The van der Waals surface area contributed by atoms with E-state index in [4.69, 9.17) is 22.3 Å². The van der Waals surface area contributed by atoms with Gasteiger partial charge in [0.1, 0.15) is 29.0 Å². The molecule has 0 amide bonds. The first-order valence-corrected chi connectivity index (χ1v) is 19.3. The van der Waals surface area contributed by atoms with E-state index < -0.39 is 0 Å². The van der Waals surface area contributed by atoms with Crippen LogP contribution in [0.4, 0.5) is 0 Å². The molecule has 0 N–H and O–H groups in total. The van der Waals surface area contributed by atoms with Crippen LogP contribution in [-0.4, -0.2) is 9.13 Å². The number of ether oxygens (including phenoxy) is 2. The zero-order valence-electron chi connectivity index (χ0n) is 32.8. The number of hydrogen-bond donors (Lipinski definition) is 0. The second-order valence-electron chi connectivity index (χ2n) is 14.5. The predicted octanol–water partition coefficient (Wildman–Crippen LogP) is 13.0. The summed E-state index contributed by atoms with van der Waals surface area (Å²) in [4.78, 5) is 0. The monoisotopic (exact) mass is 759 g/mol. The van der Waals surface area contributed by atoms with Crippen LogP contribution in [-0.2, 0) is 0 Å². The summed E-state index contributed by atoms with van der Waals surface area (Å²) in [6.45, 7) is 6.23.